The Morgan fingerprint density at radius 1 is 1.30 bits per heavy atom. The Balaban J connectivity index is 3.31. The molecule has 0 spiro atoms. The first-order valence-electron chi connectivity index (χ1n) is 2.61. The molecule has 1 nitrogen and oxygen atoms in total. The van der Waals surface area contributed by atoms with Crippen molar-refractivity contribution in [3.63, 3.8) is 0 Å². The van der Waals surface area contributed by atoms with Gasteiger partial charge in [-0.2, -0.15) is 0 Å². The van der Waals surface area contributed by atoms with E-state index in [4.69, 9.17) is 13.6 Å². The molecule has 2 N–H and O–H groups in total. The molecule has 50 valence electrons. The molecule has 0 aromatic heterocycles. The van der Waals surface area contributed by atoms with Crippen LogP contribution < -0.4 is 11.2 Å². The number of halogens is 2. The normalized spacial score (nSPS) is 9.80. The summed E-state index contributed by atoms with van der Waals surface area (Å²) < 4.78 is 24.7. The molecule has 0 bridgehead atoms. The molecule has 0 heterocycles. The van der Waals surface area contributed by atoms with Crippen molar-refractivity contribution in [2.75, 3.05) is 5.73 Å². The predicted octanol–water partition coefficient (Wildman–Crippen LogP) is 0.341. The summed E-state index contributed by atoms with van der Waals surface area (Å²) in [5.41, 5.74) is 4.88. The molecule has 0 aliphatic rings. The average molecular weight is 139 g/mol. The molecule has 0 atom stereocenters. The zero-order valence-electron chi connectivity index (χ0n) is 5.07. The van der Waals surface area contributed by atoms with E-state index < -0.39 is 11.6 Å². The molecule has 1 aromatic carbocycles. The molecule has 2 radical (unpaired) electrons. The van der Waals surface area contributed by atoms with E-state index in [9.17, 15) is 8.78 Å². The average Bonchev–Trinajstić information content (AvgIpc) is 1.82. The second kappa shape index (κ2) is 2.29. The maximum atomic E-state index is 12.4. The van der Waals surface area contributed by atoms with Crippen molar-refractivity contribution >= 4 is 19.0 Å². The SMILES string of the molecule is [B]c1cc(N)c(F)c(F)c1. The van der Waals surface area contributed by atoms with Gasteiger partial charge in [0.05, 0.1) is 5.69 Å². The fraction of sp³-hybridized carbons (Fsp3) is 0. The summed E-state index contributed by atoms with van der Waals surface area (Å²) in [7, 11) is 5.14. The Hall–Kier alpha value is -1.06. The van der Waals surface area contributed by atoms with E-state index in [1.165, 1.54) is 6.07 Å². The maximum Gasteiger partial charge on any atom is 0.181 e. The number of nitrogens with two attached hydrogens (primary N) is 1. The van der Waals surface area contributed by atoms with Crippen LogP contribution in [0.4, 0.5) is 14.5 Å². The Kier molecular flexibility index (Phi) is 1.61. The number of benzene rings is 1. The number of hydrogen-bond donors (Lipinski definition) is 1. The van der Waals surface area contributed by atoms with Crippen LogP contribution in [-0.4, -0.2) is 7.85 Å². The molecule has 4 heteroatoms. The smallest absolute Gasteiger partial charge is 0.181 e. The van der Waals surface area contributed by atoms with E-state index in [1.54, 1.807) is 0 Å². The summed E-state index contributed by atoms with van der Waals surface area (Å²) in [6.45, 7) is 0. The second-order valence-electron chi connectivity index (χ2n) is 1.91. The van der Waals surface area contributed by atoms with Gasteiger partial charge in [-0.1, -0.05) is 5.46 Å². The van der Waals surface area contributed by atoms with Gasteiger partial charge in [-0.25, -0.2) is 8.78 Å². The molecule has 10 heavy (non-hydrogen) atoms. The van der Waals surface area contributed by atoms with E-state index in [1.807, 2.05) is 0 Å². The van der Waals surface area contributed by atoms with Gasteiger partial charge in [0.15, 0.2) is 11.6 Å². The van der Waals surface area contributed by atoms with Crippen molar-refractivity contribution in [1.29, 1.82) is 0 Å². The van der Waals surface area contributed by atoms with Crippen LogP contribution in [0.2, 0.25) is 0 Å². The van der Waals surface area contributed by atoms with Crippen LogP contribution in [0.15, 0.2) is 12.1 Å². The fourth-order valence-electron chi connectivity index (χ4n) is 0.632. The van der Waals surface area contributed by atoms with Crippen molar-refractivity contribution in [3.8, 4) is 0 Å². The second-order valence-corrected chi connectivity index (χ2v) is 1.91. The third kappa shape index (κ3) is 1.10. The summed E-state index contributed by atoms with van der Waals surface area (Å²) in [4.78, 5) is 0. The lowest BCUT2D eigenvalue weighted by atomic mass is 9.96. The van der Waals surface area contributed by atoms with Gasteiger partial charge < -0.3 is 5.73 Å². The minimum Gasteiger partial charge on any atom is -0.396 e. The lowest BCUT2D eigenvalue weighted by molar-refractivity contribution is 0.513. The lowest BCUT2D eigenvalue weighted by Gasteiger charge is -1.98. The minimum atomic E-state index is -1.05. The molecule has 0 amide bonds. The van der Waals surface area contributed by atoms with E-state index in [0.717, 1.165) is 6.07 Å². The van der Waals surface area contributed by atoms with Crippen molar-refractivity contribution in [2.24, 2.45) is 0 Å². The van der Waals surface area contributed by atoms with Crippen LogP contribution in [0.25, 0.3) is 0 Å². The summed E-state index contributed by atoms with van der Waals surface area (Å²) in [5, 5.41) is 0. The van der Waals surface area contributed by atoms with E-state index in [2.05, 4.69) is 0 Å². The summed E-state index contributed by atoms with van der Waals surface area (Å²) >= 11 is 0. The quantitative estimate of drug-likeness (QED) is 0.407. The Morgan fingerprint density at radius 2 is 1.90 bits per heavy atom. The maximum absolute atomic E-state index is 12.4. The molecule has 0 saturated carbocycles. The summed E-state index contributed by atoms with van der Waals surface area (Å²) in [6, 6.07) is 2.05. The Bertz CT molecular complexity index is 239. The molecule has 0 saturated heterocycles. The van der Waals surface area contributed by atoms with Gasteiger partial charge in [0.2, 0.25) is 0 Å². The molecule has 1 aromatic rings. The number of hydrogen-bond acceptors (Lipinski definition) is 1. The van der Waals surface area contributed by atoms with Crippen LogP contribution in [0, 0.1) is 11.6 Å². The standard InChI is InChI=1S/C6H4BF2N/c7-3-1-4(8)6(9)5(10)2-3/h1-2H,10H2. The molecule has 0 fully saturated rings. The van der Waals surface area contributed by atoms with E-state index in [0.29, 0.717) is 0 Å². The van der Waals surface area contributed by atoms with Crippen molar-refractivity contribution in [2.45, 2.75) is 0 Å². The largest absolute Gasteiger partial charge is 0.396 e. The van der Waals surface area contributed by atoms with Gasteiger partial charge in [-0.3, -0.25) is 0 Å². The molecule has 0 aliphatic heterocycles. The first-order chi connectivity index (χ1) is 4.61. The minimum absolute atomic E-state index is 0.122. The highest BCUT2D eigenvalue weighted by Crippen LogP contribution is 2.10. The van der Waals surface area contributed by atoms with Crippen molar-refractivity contribution in [1.82, 2.24) is 0 Å². The number of rotatable bonds is 0. The summed E-state index contributed by atoms with van der Waals surface area (Å²) in [6.07, 6.45) is 0. The van der Waals surface area contributed by atoms with Gasteiger partial charge in [0, 0.05) is 0 Å². The molecule has 1 rings (SSSR count). The number of anilines is 1. The van der Waals surface area contributed by atoms with Crippen LogP contribution >= 0.6 is 0 Å². The third-order valence-corrected chi connectivity index (χ3v) is 1.08. The van der Waals surface area contributed by atoms with Gasteiger partial charge in [-0.15, -0.1) is 0 Å². The van der Waals surface area contributed by atoms with Crippen LogP contribution in [0.1, 0.15) is 0 Å². The monoisotopic (exact) mass is 139 g/mol. The molecule has 0 unspecified atom stereocenters. The van der Waals surface area contributed by atoms with Crippen LogP contribution in [-0.2, 0) is 0 Å². The predicted molar refractivity (Wildman–Crippen MR) is 36.2 cm³/mol. The van der Waals surface area contributed by atoms with Gasteiger partial charge in [0.1, 0.15) is 7.85 Å². The number of nitrogen functional groups attached to an aromatic ring is 1. The zero-order chi connectivity index (χ0) is 7.72. The highest BCUT2D eigenvalue weighted by atomic mass is 19.2. The van der Waals surface area contributed by atoms with E-state index >= 15 is 0 Å². The van der Waals surface area contributed by atoms with Gasteiger partial charge in [-0.05, 0) is 12.1 Å². The van der Waals surface area contributed by atoms with Crippen LogP contribution in [0.5, 0.6) is 0 Å². The third-order valence-electron chi connectivity index (χ3n) is 1.08. The molecule has 0 aliphatic carbocycles. The topological polar surface area (TPSA) is 26.0 Å². The Morgan fingerprint density at radius 3 is 2.40 bits per heavy atom. The van der Waals surface area contributed by atoms with E-state index in [-0.39, 0.29) is 11.2 Å². The molecular weight excluding hydrogens is 135 g/mol. The highest BCUT2D eigenvalue weighted by Gasteiger charge is 2.04. The highest BCUT2D eigenvalue weighted by molar-refractivity contribution is 6.32. The fourth-order valence-corrected chi connectivity index (χ4v) is 0.632. The lowest BCUT2D eigenvalue weighted by Crippen LogP contribution is -2.07. The first kappa shape index (κ1) is 7.06. The molecular formula is C6H4BF2N. The van der Waals surface area contributed by atoms with Crippen molar-refractivity contribution < 1.29 is 8.78 Å². The van der Waals surface area contributed by atoms with Crippen LogP contribution in [0.3, 0.4) is 0 Å². The van der Waals surface area contributed by atoms with Gasteiger partial charge in [0.25, 0.3) is 0 Å². The van der Waals surface area contributed by atoms with Crippen molar-refractivity contribution in [3.05, 3.63) is 23.8 Å². The van der Waals surface area contributed by atoms with Gasteiger partial charge >= 0.3 is 0 Å². The zero-order valence-corrected chi connectivity index (χ0v) is 5.07. The Labute approximate surface area is 58.3 Å². The first-order valence-corrected chi connectivity index (χ1v) is 2.61. The summed E-state index contributed by atoms with van der Waals surface area (Å²) in [5.74, 6) is -2.06.